The van der Waals surface area contributed by atoms with Gasteiger partial charge in [-0.05, 0) is 83.5 Å². The smallest absolute Gasteiger partial charge is 0.442 e. The normalized spacial score (nSPS) is 13.1. The summed E-state index contributed by atoms with van der Waals surface area (Å²) in [6.45, 7) is 10.1. The zero-order valence-corrected chi connectivity index (χ0v) is 24.7. The van der Waals surface area contributed by atoms with E-state index in [0.29, 0.717) is 10.4 Å². The number of carbonyl (C=O) groups is 3. The van der Waals surface area contributed by atoms with Crippen LogP contribution < -0.4 is 10.6 Å². The van der Waals surface area contributed by atoms with Gasteiger partial charge in [-0.1, -0.05) is 6.07 Å². The number of amides is 3. The van der Waals surface area contributed by atoms with E-state index in [2.05, 4.69) is 25.2 Å². The fraction of sp³-hybridized carbons (Fsp3) is 0.346. The van der Waals surface area contributed by atoms with Crippen molar-refractivity contribution in [1.29, 1.82) is 0 Å². The zero-order valence-electron chi connectivity index (χ0n) is 23.0. The molecule has 214 valence electrons. The Morgan fingerprint density at radius 2 is 1.57 bits per heavy atom. The van der Waals surface area contributed by atoms with Crippen LogP contribution >= 0.6 is 11.3 Å². The van der Waals surface area contributed by atoms with Crippen LogP contribution in [0.2, 0.25) is 0 Å². The van der Waals surface area contributed by atoms with Gasteiger partial charge in [0, 0.05) is 11.1 Å². The summed E-state index contributed by atoms with van der Waals surface area (Å²) in [7, 11) is -3.30. The fourth-order valence-electron chi connectivity index (χ4n) is 3.09. The lowest BCUT2D eigenvalue weighted by Gasteiger charge is -2.20. The Morgan fingerprint density at radius 1 is 0.900 bits per heavy atom. The van der Waals surface area contributed by atoms with Crippen LogP contribution in [0.3, 0.4) is 0 Å². The van der Waals surface area contributed by atoms with Crippen molar-refractivity contribution in [3.63, 3.8) is 0 Å². The quantitative estimate of drug-likeness (QED) is 0.349. The highest BCUT2D eigenvalue weighted by Gasteiger charge is 2.21. The highest BCUT2D eigenvalue weighted by molar-refractivity contribution is 7.93. The average molecular weight is 592 g/mol. The number of hydrogen-bond acceptors (Lipinski definition) is 9. The van der Waals surface area contributed by atoms with Crippen molar-refractivity contribution in [1.82, 2.24) is 10.2 Å². The Balaban J connectivity index is 1.88. The molecule has 0 saturated carbocycles. The van der Waals surface area contributed by atoms with Gasteiger partial charge in [-0.15, -0.1) is 25.9 Å². The summed E-state index contributed by atoms with van der Waals surface area (Å²) in [4.78, 5) is 38.0. The minimum Gasteiger partial charge on any atom is -0.444 e. The maximum absolute atomic E-state index is 13.6. The molecule has 0 radical (unpaired) electrons. The third kappa shape index (κ3) is 8.81. The third-order valence-electron chi connectivity index (χ3n) is 4.66. The van der Waals surface area contributed by atoms with Gasteiger partial charge in [0.25, 0.3) is 5.91 Å². The molecule has 0 aliphatic heterocycles. The van der Waals surface area contributed by atoms with Crippen LogP contribution in [0.4, 0.5) is 25.4 Å². The van der Waals surface area contributed by atoms with E-state index in [1.54, 1.807) is 65.8 Å². The summed E-state index contributed by atoms with van der Waals surface area (Å²) in [6, 6.07) is 10.2. The maximum Gasteiger partial charge on any atom is 0.442 e. The summed E-state index contributed by atoms with van der Waals surface area (Å²) in [6.07, 6.45) is -0.554. The second kappa shape index (κ2) is 11.7. The van der Waals surface area contributed by atoms with E-state index in [-0.39, 0.29) is 27.2 Å². The molecule has 2 heterocycles. The van der Waals surface area contributed by atoms with Gasteiger partial charge in [-0.25, -0.2) is 13.8 Å². The molecule has 2 N–H and O–H groups in total. The van der Waals surface area contributed by atoms with Crippen molar-refractivity contribution in [2.45, 2.75) is 57.8 Å². The molecule has 0 fully saturated rings. The Bertz CT molecular complexity index is 1550. The second-order valence-corrected chi connectivity index (χ2v) is 13.8. The van der Waals surface area contributed by atoms with Crippen molar-refractivity contribution in [2.24, 2.45) is 4.36 Å². The zero-order chi connectivity index (χ0) is 29.9. The van der Waals surface area contributed by atoms with Crippen molar-refractivity contribution >= 4 is 50.5 Å². The molecule has 40 heavy (non-hydrogen) atoms. The minimum atomic E-state index is -3.30. The third-order valence-corrected chi connectivity index (χ3v) is 7.08. The molecular weight excluding hydrogens is 561 g/mol. The van der Waals surface area contributed by atoms with Crippen molar-refractivity contribution < 1.29 is 32.5 Å². The molecule has 0 saturated heterocycles. The van der Waals surface area contributed by atoms with Crippen LogP contribution in [0.15, 0.2) is 51.9 Å². The van der Waals surface area contributed by atoms with Gasteiger partial charge in [0.1, 0.15) is 20.9 Å². The molecule has 0 aliphatic carbocycles. The van der Waals surface area contributed by atoms with Gasteiger partial charge >= 0.3 is 12.2 Å². The molecule has 11 nitrogen and oxygen atoms in total. The number of carbonyl (C=O) groups excluding carboxylic acids is 3. The van der Waals surface area contributed by atoms with E-state index in [1.807, 2.05) is 0 Å². The fourth-order valence-corrected chi connectivity index (χ4v) is 4.75. The second-order valence-electron chi connectivity index (χ2n) is 10.6. The van der Waals surface area contributed by atoms with Gasteiger partial charge in [-0.2, -0.15) is 4.39 Å². The lowest BCUT2D eigenvalue weighted by Crippen LogP contribution is -2.27. The number of halogens is 1. The first-order chi connectivity index (χ1) is 18.4. The Kier molecular flexibility index (Phi) is 8.94. The number of ether oxygens (including phenoxy) is 2. The van der Waals surface area contributed by atoms with E-state index < -0.39 is 39.0 Å². The predicted octanol–water partition coefficient (Wildman–Crippen LogP) is 6.34. The Hall–Kier alpha value is -3.91. The Morgan fingerprint density at radius 3 is 2.12 bits per heavy atom. The number of thiophene rings is 1. The van der Waals surface area contributed by atoms with Crippen LogP contribution in [0.1, 0.15) is 52.0 Å². The molecule has 0 aliphatic rings. The van der Waals surface area contributed by atoms with Gasteiger partial charge in [0.2, 0.25) is 0 Å². The molecule has 1 unspecified atom stereocenters. The Labute approximate surface area is 235 Å². The molecule has 0 bridgehead atoms. The van der Waals surface area contributed by atoms with Gasteiger partial charge in [0.05, 0.1) is 11.4 Å². The summed E-state index contributed by atoms with van der Waals surface area (Å²) in [5.74, 6) is -0.701. The number of benzene rings is 1. The monoisotopic (exact) mass is 591 g/mol. The summed E-state index contributed by atoms with van der Waals surface area (Å²) in [5.41, 5.74) is -0.724. The number of hydrogen-bond donors (Lipinski definition) is 2. The van der Waals surface area contributed by atoms with Crippen molar-refractivity contribution in [3.05, 3.63) is 53.3 Å². The van der Waals surface area contributed by atoms with E-state index in [4.69, 9.17) is 9.47 Å². The molecular formula is C26H30FN5O6S2. The largest absolute Gasteiger partial charge is 0.444 e. The average Bonchev–Trinajstić information content (AvgIpc) is 3.23. The molecule has 1 atom stereocenters. The van der Waals surface area contributed by atoms with E-state index in [0.717, 1.165) is 11.3 Å². The van der Waals surface area contributed by atoms with Crippen molar-refractivity contribution in [3.8, 4) is 10.4 Å². The highest BCUT2D eigenvalue weighted by atomic mass is 32.2. The lowest BCUT2D eigenvalue weighted by atomic mass is 10.1. The van der Waals surface area contributed by atoms with E-state index in [9.17, 15) is 23.0 Å². The van der Waals surface area contributed by atoms with Gasteiger partial charge < -0.3 is 14.8 Å². The van der Waals surface area contributed by atoms with Crippen molar-refractivity contribution in [2.75, 3.05) is 16.9 Å². The number of nitrogens with one attached hydrogen (secondary N) is 2. The molecule has 1 aromatic carbocycles. The molecule has 3 amide bonds. The number of rotatable bonds is 5. The van der Waals surface area contributed by atoms with Crippen LogP contribution in [0.5, 0.6) is 0 Å². The number of anilines is 2. The topological polar surface area (TPSA) is 149 Å². The first-order valence-electron chi connectivity index (χ1n) is 11.9. The molecule has 3 rings (SSSR count). The molecule has 0 spiro atoms. The van der Waals surface area contributed by atoms with Crippen LogP contribution in [-0.4, -0.2) is 50.0 Å². The SMILES string of the molecule is CC(C)(C)OC(=O)N=S(C)(=O)c1ccc(C(=O)Nc2cc(-c3ccc(F)s3)ccc2NC(=O)OC(C)(C)C)nn1. The first kappa shape index (κ1) is 30.6. The molecule has 2 aromatic heterocycles. The summed E-state index contributed by atoms with van der Waals surface area (Å²) >= 11 is 0.920. The minimum absolute atomic E-state index is 0.121. The van der Waals surface area contributed by atoms with E-state index >= 15 is 0 Å². The number of nitrogens with zero attached hydrogens (tertiary/aromatic N) is 3. The van der Waals surface area contributed by atoms with Crippen LogP contribution in [0.25, 0.3) is 10.4 Å². The standard InChI is InChI=1S/C26H30FN5O6S2/c1-25(2,3)37-23(34)29-16-9-8-15(19-11-12-20(27)39-19)14-18(16)28-22(33)17-10-13-21(31-30-17)40(7,36)32-24(35)38-26(4,5)6/h8-14H,1-7H3,(H,28,33)(H,29,34). The molecule has 3 aromatic rings. The lowest BCUT2D eigenvalue weighted by molar-refractivity contribution is 0.0603. The first-order valence-corrected chi connectivity index (χ1v) is 14.7. The van der Waals surface area contributed by atoms with Gasteiger partial charge in [0.15, 0.2) is 15.9 Å². The number of aromatic nitrogens is 2. The van der Waals surface area contributed by atoms with E-state index in [1.165, 1.54) is 24.5 Å². The summed E-state index contributed by atoms with van der Waals surface area (Å²) in [5, 5.41) is 12.4. The molecule has 14 heteroatoms. The van der Waals surface area contributed by atoms with Gasteiger partial charge in [-0.3, -0.25) is 10.1 Å². The summed E-state index contributed by atoms with van der Waals surface area (Å²) < 4.78 is 40.5. The highest BCUT2D eigenvalue weighted by Crippen LogP contribution is 2.33. The van der Waals surface area contributed by atoms with Crippen LogP contribution in [-0.2, 0) is 19.2 Å². The predicted molar refractivity (Wildman–Crippen MR) is 151 cm³/mol. The maximum atomic E-state index is 13.6. The van der Waals surface area contributed by atoms with Crippen LogP contribution in [0, 0.1) is 5.13 Å².